The lowest BCUT2D eigenvalue weighted by molar-refractivity contribution is 0.0970. The monoisotopic (exact) mass is 262 g/mol. The van der Waals surface area contributed by atoms with E-state index in [1.165, 1.54) is 0 Å². The molecule has 1 heterocycles. The summed E-state index contributed by atoms with van der Waals surface area (Å²) >= 11 is 0. The van der Waals surface area contributed by atoms with E-state index in [4.69, 9.17) is 0 Å². The summed E-state index contributed by atoms with van der Waals surface area (Å²) in [6.45, 7) is 1.51. The molecule has 1 aromatic heterocycles. The Morgan fingerprint density at radius 1 is 1.37 bits per heavy atom. The predicted octanol–water partition coefficient (Wildman–Crippen LogP) is 0.867. The molecule has 0 unspecified atom stereocenters. The first-order valence-corrected chi connectivity index (χ1v) is 5.56. The van der Waals surface area contributed by atoms with Gasteiger partial charge in [0.15, 0.2) is 5.78 Å². The van der Waals surface area contributed by atoms with Gasteiger partial charge >= 0.3 is 5.69 Å². The van der Waals surface area contributed by atoms with Crippen LogP contribution in [0.15, 0.2) is 40.1 Å². The van der Waals surface area contributed by atoms with Crippen molar-refractivity contribution in [1.29, 1.82) is 0 Å². The zero-order valence-corrected chi connectivity index (χ0v) is 10.1. The minimum Gasteiger partial charge on any atom is -0.292 e. The van der Waals surface area contributed by atoms with E-state index in [1.54, 1.807) is 23.2 Å². The Bertz CT molecular complexity index is 746. The highest BCUT2D eigenvalue weighted by Crippen LogP contribution is 2.05. The van der Waals surface area contributed by atoms with Crippen LogP contribution in [0.3, 0.4) is 0 Å². The molecule has 0 spiro atoms. The number of halogens is 1. The molecule has 5 nitrogen and oxygen atoms in total. The van der Waals surface area contributed by atoms with Crippen LogP contribution in [0.4, 0.5) is 4.39 Å². The molecule has 0 radical (unpaired) electrons. The van der Waals surface area contributed by atoms with E-state index in [2.05, 4.69) is 0 Å². The van der Waals surface area contributed by atoms with E-state index in [9.17, 15) is 18.8 Å². The highest BCUT2D eigenvalue weighted by molar-refractivity contribution is 5.96. The molecule has 0 fully saturated rings. The Morgan fingerprint density at radius 3 is 2.79 bits per heavy atom. The number of benzene rings is 1. The van der Waals surface area contributed by atoms with Crippen molar-refractivity contribution in [2.45, 2.75) is 13.5 Å². The number of ketones is 1. The number of aryl methyl sites for hydroxylation is 1. The Labute approximate surface area is 107 Å². The van der Waals surface area contributed by atoms with Crippen LogP contribution < -0.4 is 11.2 Å². The highest BCUT2D eigenvalue weighted by Gasteiger charge is 2.10. The minimum atomic E-state index is -1.10. The van der Waals surface area contributed by atoms with Crippen molar-refractivity contribution in [2.24, 2.45) is 0 Å². The number of nitrogens with one attached hydrogen (secondary N) is 1. The van der Waals surface area contributed by atoms with Crippen molar-refractivity contribution in [3.63, 3.8) is 0 Å². The van der Waals surface area contributed by atoms with Gasteiger partial charge in [-0.25, -0.2) is 4.79 Å². The molecule has 98 valence electrons. The van der Waals surface area contributed by atoms with Gasteiger partial charge in [0.05, 0.1) is 12.7 Å². The van der Waals surface area contributed by atoms with Crippen molar-refractivity contribution in [2.75, 3.05) is 0 Å². The molecule has 0 saturated heterocycles. The molecular weight excluding hydrogens is 251 g/mol. The van der Waals surface area contributed by atoms with Crippen LogP contribution in [0.25, 0.3) is 0 Å². The van der Waals surface area contributed by atoms with Gasteiger partial charge in [0.25, 0.3) is 5.56 Å². The lowest BCUT2D eigenvalue weighted by Crippen LogP contribution is -2.33. The predicted molar refractivity (Wildman–Crippen MR) is 66.8 cm³/mol. The third kappa shape index (κ3) is 2.85. The summed E-state index contributed by atoms with van der Waals surface area (Å²) in [5.41, 5.74) is -0.569. The number of H-pyrrole nitrogens is 1. The van der Waals surface area contributed by atoms with Crippen LogP contribution in [-0.4, -0.2) is 15.3 Å². The van der Waals surface area contributed by atoms with E-state index in [1.807, 2.05) is 13.0 Å². The van der Waals surface area contributed by atoms with E-state index in [-0.39, 0.29) is 12.3 Å². The van der Waals surface area contributed by atoms with Gasteiger partial charge in [-0.15, -0.1) is 0 Å². The van der Waals surface area contributed by atoms with Crippen LogP contribution >= 0.6 is 0 Å². The molecule has 19 heavy (non-hydrogen) atoms. The number of nitrogens with zero attached hydrogens (tertiary/aromatic N) is 1. The summed E-state index contributed by atoms with van der Waals surface area (Å²) in [6, 6.07) is 6.85. The van der Waals surface area contributed by atoms with E-state index >= 15 is 0 Å². The number of hydrogen-bond donors (Lipinski definition) is 1. The normalized spacial score (nSPS) is 10.4. The second-order valence-corrected chi connectivity index (χ2v) is 4.16. The average molecular weight is 262 g/mol. The SMILES string of the molecule is Cc1cccc(C(=O)Cn2cc(F)c(=O)[nH]c2=O)c1. The molecule has 0 amide bonds. The van der Waals surface area contributed by atoms with Crippen LogP contribution in [0, 0.1) is 12.7 Å². The summed E-state index contributed by atoms with van der Waals surface area (Å²) in [5.74, 6) is -1.44. The average Bonchev–Trinajstić information content (AvgIpc) is 2.36. The molecule has 0 bridgehead atoms. The second-order valence-electron chi connectivity index (χ2n) is 4.16. The van der Waals surface area contributed by atoms with Crippen LogP contribution in [0.5, 0.6) is 0 Å². The minimum absolute atomic E-state index is 0.323. The Hall–Kier alpha value is -2.50. The second kappa shape index (κ2) is 5.01. The summed E-state index contributed by atoms with van der Waals surface area (Å²) < 4.78 is 13.9. The van der Waals surface area contributed by atoms with Gasteiger partial charge in [-0.2, -0.15) is 4.39 Å². The number of hydrogen-bond acceptors (Lipinski definition) is 3. The molecular formula is C13H11FN2O3. The third-order valence-corrected chi connectivity index (χ3v) is 2.62. The molecule has 0 atom stereocenters. The van der Waals surface area contributed by atoms with Gasteiger partial charge in [0.2, 0.25) is 5.82 Å². The van der Waals surface area contributed by atoms with Crippen molar-refractivity contribution >= 4 is 5.78 Å². The van der Waals surface area contributed by atoms with E-state index < -0.39 is 17.1 Å². The van der Waals surface area contributed by atoms with E-state index in [0.717, 1.165) is 16.3 Å². The van der Waals surface area contributed by atoms with Crippen molar-refractivity contribution < 1.29 is 9.18 Å². The van der Waals surface area contributed by atoms with Crippen LogP contribution in [-0.2, 0) is 6.54 Å². The van der Waals surface area contributed by atoms with Gasteiger partial charge in [-0.1, -0.05) is 23.8 Å². The van der Waals surface area contributed by atoms with Crippen molar-refractivity contribution in [3.8, 4) is 0 Å². The fraction of sp³-hybridized carbons (Fsp3) is 0.154. The fourth-order valence-corrected chi connectivity index (χ4v) is 1.66. The molecule has 0 aliphatic rings. The number of aromatic nitrogens is 2. The maximum atomic E-state index is 13.1. The quantitative estimate of drug-likeness (QED) is 0.834. The summed E-state index contributed by atoms with van der Waals surface area (Å²) in [7, 11) is 0. The maximum absolute atomic E-state index is 13.1. The Kier molecular flexibility index (Phi) is 3.41. The number of carbonyl (C=O) groups is 1. The number of rotatable bonds is 3. The molecule has 2 rings (SSSR count). The van der Waals surface area contributed by atoms with Crippen molar-refractivity contribution in [3.05, 3.63) is 68.2 Å². The Morgan fingerprint density at radius 2 is 2.11 bits per heavy atom. The zero-order chi connectivity index (χ0) is 14.0. The highest BCUT2D eigenvalue weighted by atomic mass is 19.1. The van der Waals surface area contributed by atoms with Crippen LogP contribution in [0.2, 0.25) is 0 Å². The summed E-state index contributed by atoms with van der Waals surface area (Å²) in [4.78, 5) is 36.0. The molecule has 0 aliphatic carbocycles. The number of carbonyl (C=O) groups excluding carboxylic acids is 1. The van der Waals surface area contributed by atoms with Crippen LogP contribution in [0.1, 0.15) is 15.9 Å². The number of aromatic amines is 1. The number of Topliss-reactive ketones (excluding diaryl/α,β-unsaturated/α-hetero) is 1. The first-order valence-electron chi connectivity index (χ1n) is 5.56. The molecule has 0 saturated carbocycles. The third-order valence-electron chi connectivity index (χ3n) is 2.62. The van der Waals surface area contributed by atoms with Gasteiger partial charge in [0.1, 0.15) is 0 Å². The zero-order valence-electron chi connectivity index (χ0n) is 10.1. The van der Waals surface area contributed by atoms with Gasteiger partial charge in [0, 0.05) is 5.56 Å². The Balaban J connectivity index is 2.32. The smallest absolute Gasteiger partial charge is 0.292 e. The molecule has 6 heteroatoms. The topological polar surface area (TPSA) is 71.9 Å². The largest absolute Gasteiger partial charge is 0.328 e. The van der Waals surface area contributed by atoms with Gasteiger partial charge < -0.3 is 0 Å². The van der Waals surface area contributed by atoms with Crippen molar-refractivity contribution in [1.82, 2.24) is 9.55 Å². The molecule has 1 aromatic carbocycles. The summed E-state index contributed by atoms with van der Waals surface area (Å²) in [6.07, 6.45) is 0.731. The molecule has 1 N–H and O–H groups in total. The first-order chi connectivity index (χ1) is 8.97. The lowest BCUT2D eigenvalue weighted by atomic mass is 10.1. The first kappa shape index (κ1) is 12.9. The fourth-order valence-electron chi connectivity index (χ4n) is 1.66. The molecule has 2 aromatic rings. The maximum Gasteiger partial charge on any atom is 0.328 e. The van der Waals surface area contributed by atoms with Gasteiger partial charge in [-0.05, 0) is 13.0 Å². The van der Waals surface area contributed by atoms with Gasteiger partial charge in [-0.3, -0.25) is 19.1 Å². The molecule has 0 aliphatic heterocycles. The van der Waals surface area contributed by atoms with E-state index in [0.29, 0.717) is 5.56 Å². The summed E-state index contributed by atoms with van der Waals surface area (Å²) in [5, 5.41) is 0. The standard InChI is InChI=1S/C13H11FN2O3/c1-8-3-2-4-9(5-8)11(17)7-16-6-10(14)12(18)15-13(16)19/h2-6H,7H2,1H3,(H,15,18,19). The lowest BCUT2D eigenvalue weighted by Gasteiger charge is -2.05.